The van der Waals surface area contributed by atoms with Crippen molar-refractivity contribution in [2.45, 2.75) is 6.92 Å². The van der Waals surface area contributed by atoms with Crippen molar-refractivity contribution in [1.82, 2.24) is 4.98 Å². The number of nitrogen functional groups attached to an aromatic ring is 1. The molecule has 4 nitrogen and oxygen atoms in total. The van der Waals surface area contributed by atoms with E-state index in [1.165, 1.54) is 0 Å². The van der Waals surface area contributed by atoms with Crippen molar-refractivity contribution in [1.29, 1.82) is 0 Å². The number of ether oxygens (including phenoxy) is 1. The molecule has 0 saturated carbocycles. The molecule has 2 rings (SSSR count). The van der Waals surface area contributed by atoms with Crippen LogP contribution in [0, 0.1) is 6.92 Å². The smallest absolute Gasteiger partial charge is 0.153 e. The van der Waals surface area contributed by atoms with Crippen LogP contribution < -0.4 is 15.8 Å². The lowest BCUT2D eigenvalue weighted by Gasteiger charge is -2.10. The van der Waals surface area contributed by atoms with Crippen LogP contribution in [0.1, 0.15) is 5.56 Å². The first-order chi connectivity index (χ1) is 8.20. The summed E-state index contributed by atoms with van der Waals surface area (Å²) in [5.41, 5.74) is 8.44. The number of pyridine rings is 1. The summed E-state index contributed by atoms with van der Waals surface area (Å²) >= 11 is 0. The largest absolute Gasteiger partial charge is 0.496 e. The first kappa shape index (κ1) is 11.3. The molecule has 2 aromatic rings. The van der Waals surface area contributed by atoms with Gasteiger partial charge in [0.05, 0.1) is 12.8 Å². The van der Waals surface area contributed by atoms with Gasteiger partial charge in [0, 0.05) is 11.9 Å². The van der Waals surface area contributed by atoms with Gasteiger partial charge in [0.1, 0.15) is 5.75 Å². The SMILES string of the molecule is COc1ccc(Nc2ncccc2N)cc1C. The summed E-state index contributed by atoms with van der Waals surface area (Å²) in [7, 11) is 1.66. The van der Waals surface area contributed by atoms with Gasteiger partial charge in [0.15, 0.2) is 5.82 Å². The third kappa shape index (κ3) is 2.47. The van der Waals surface area contributed by atoms with Crippen molar-refractivity contribution in [2.75, 3.05) is 18.2 Å². The minimum atomic E-state index is 0.626. The second-order valence-corrected chi connectivity index (χ2v) is 3.75. The highest BCUT2D eigenvalue weighted by Gasteiger charge is 2.02. The normalized spacial score (nSPS) is 10.0. The first-order valence-electron chi connectivity index (χ1n) is 5.33. The molecule has 1 aromatic heterocycles. The van der Waals surface area contributed by atoms with Crippen LogP contribution in [0.15, 0.2) is 36.5 Å². The number of rotatable bonds is 3. The fraction of sp³-hybridized carbons (Fsp3) is 0.154. The highest BCUT2D eigenvalue weighted by molar-refractivity contribution is 5.69. The summed E-state index contributed by atoms with van der Waals surface area (Å²) in [6.07, 6.45) is 1.70. The molecule has 0 aliphatic rings. The molecule has 3 N–H and O–H groups in total. The topological polar surface area (TPSA) is 60.2 Å². The molecule has 0 radical (unpaired) electrons. The summed E-state index contributed by atoms with van der Waals surface area (Å²) in [6, 6.07) is 9.45. The molecule has 1 heterocycles. The lowest BCUT2D eigenvalue weighted by Crippen LogP contribution is -1.99. The molecule has 88 valence electrons. The van der Waals surface area contributed by atoms with Gasteiger partial charge in [-0.15, -0.1) is 0 Å². The second-order valence-electron chi connectivity index (χ2n) is 3.75. The molecule has 0 fully saturated rings. The van der Waals surface area contributed by atoms with Crippen molar-refractivity contribution in [2.24, 2.45) is 0 Å². The van der Waals surface area contributed by atoms with Crippen LogP contribution in [-0.4, -0.2) is 12.1 Å². The maximum Gasteiger partial charge on any atom is 0.153 e. The summed E-state index contributed by atoms with van der Waals surface area (Å²) < 4.78 is 5.21. The summed E-state index contributed by atoms with van der Waals surface area (Å²) in [6.45, 7) is 1.99. The molecule has 0 amide bonds. The van der Waals surface area contributed by atoms with Crippen molar-refractivity contribution in [3.05, 3.63) is 42.1 Å². The molecule has 4 heteroatoms. The van der Waals surface area contributed by atoms with E-state index in [1.54, 1.807) is 19.4 Å². The van der Waals surface area contributed by atoms with Crippen molar-refractivity contribution < 1.29 is 4.74 Å². The quantitative estimate of drug-likeness (QED) is 0.849. The number of anilines is 3. The fourth-order valence-electron chi connectivity index (χ4n) is 1.62. The fourth-order valence-corrected chi connectivity index (χ4v) is 1.62. The molecule has 1 aromatic carbocycles. The van der Waals surface area contributed by atoms with Gasteiger partial charge in [-0.05, 0) is 42.8 Å². The van der Waals surface area contributed by atoms with Gasteiger partial charge in [-0.2, -0.15) is 0 Å². The molecule has 0 aliphatic carbocycles. The zero-order valence-corrected chi connectivity index (χ0v) is 9.90. The van der Waals surface area contributed by atoms with E-state index in [0.29, 0.717) is 11.5 Å². The first-order valence-corrected chi connectivity index (χ1v) is 5.33. The second kappa shape index (κ2) is 4.74. The van der Waals surface area contributed by atoms with E-state index in [0.717, 1.165) is 17.0 Å². The Labute approximate surface area is 100 Å². The Morgan fingerprint density at radius 2 is 2.12 bits per heavy atom. The van der Waals surface area contributed by atoms with Crippen LogP contribution in [0.4, 0.5) is 17.2 Å². The van der Waals surface area contributed by atoms with Gasteiger partial charge in [-0.3, -0.25) is 0 Å². The van der Waals surface area contributed by atoms with Crippen LogP contribution in [0.25, 0.3) is 0 Å². The number of nitrogens with two attached hydrogens (primary N) is 1. The lowest BCUT2D eigenvalue weighted by molar-refractivity contribution is 0.412. The van der Waals surface area contributed by atoms with Crippen molar-refractivity contribution >= 4 is 17.2 Å². The predicted molar refractivity (Wildman–Crippen MR) is 69.7 cm³/mol. The highest BCUT2D eigenvalue weighted by Crippen LogP contribution is 2.25. The number of hydrogen-bond acceptors (Lipinski definition) is 4. The molecule has 0 bridgehead atoms. The number of nitrogens with zero attached hydrogens (tertiary/aromatic N) is 1. The number of methoxy groups -OCH3 is 1. The molecule has 0 atom stereocenters. The van der Waals surface area contributed by atoms with E-state index in [-0.39, 0.29) is 0 Å². The minimum Gasteiger partial charge on any atom is -0.496 e. The van der Waals surface area contributed by atoms with Gasteiger partial charge in [-0.1, -0.05) is 0 Å². The number of benzene rings is 1. The van der Waals surface area contributed by atoms with Crippen LogP contribution in [-0.2, 0) is 0 Å². The molecule has 17 heavy (non-hydrogen) atoms. The monoisotopic (exact) mass is 229 g/mol. The van der Waals surface area contributed by atoms with Gasteiger partial charge >= 0.3 is 0 Å². The third-order valence-corrected chi connectivity index (χ3v) is 2.50. The van der Waals surface area contributed by atoms with Crippen molar-refractivity contribution in [3.8, 4) is 5.75 Å². The summed E-state index contributed by atoms with van der Waals surface area (Å²) in [5, 5.41) is 3.17. The standard InChI is InChI=1S/C13H15N3O/c1-9-8-10(5-6-12(9)17-2)16-13-11(14)4-3-7-15-13/h3-8H,14H2,1-2H3,(H,15,16). The van der Waals surface area contributed by atoms with Gasteiger partial charge < -0.3 is 15.8 Å². The number of nitrogens with one attached hydrogen (secondary N) is 1. The van der Waals surface area contributed by atoms with Crippen LogP contribution in [0.3, 0.4) is 0 Å². The lowest BCUT2D eigenvalue weighted by atomic mass is 10.2. The van der Waals surface area contributed by atoms with E-state index in [4.69, 9.17) is 10.5 Å². The van der Waals surface area contributed by atoms with Gasteiger partial charge in [-0.25, -0.2) is 4.98 Å². The highest BCUT2D eigenvalue weighted by atomic mass is 16.5. The van der Waals surface area contributed by atoms with E-state index in [9.17, 15) is 0 Å². The summed E-state index contributed by atoms with van der Waals surface area (Å²) in [5.74, 6) is 1.53. The van der Waals surface area contributed by atoms with E-state index in [2.05, 4.69) is 10.3 Å². The number of aromatic nitrogens is 1. The van der Waals surface area contributed by atoms with E-state index < -0.39 is 0 Å². The Morgan fingerprint density at radius 3 is 2.76 bits per heavy atom. The number of aryl methyl sites for hydroxylation is 1. The number of hydrogen-bond donors (Lipinski definition) is 2. The zero-order valence-electron chi connectivity index (χ0n) is 9.90. The van der Waals surface area contributed by atoms with Gasteiger partial charge in [0.25, 0.3) is 0 Å². The minimum absolute atomic E-state index is 0.626. The van der Waals surface area contributed by atoms with Crippen LogP contribution in [0.5, 0.6) is 5.75 Å². The Bertz CT molecular complexity index is 526. The Kier molecular flexibility index (Phi) is 3.14. The Balaban J connectivity index is 2.25. The molecular formula is C13H15N3O. The van der Waals surface area contributed by atoms with Crippen LogP contribution in [0.2, 0.25) is 0 Å². The maximum absolute atomic E-state index is 5.81. The maximum atomic E-state index is 5.81. The molecule has 0 saturated heterocycles. The molecule has 0 spiro atoms. The molecular weight excluding hydrogens is 214 g/mol. The third-order valence-electron chi connectivity index (χ3n) is 2.50. The Morgan fingerprint density at radius 1 is 1.29 bits per heavy atom. The molecule has 0 aliphatic heterocycles. The molecule has 0 unspecified atom stereocenters. The summed E-state index contributed by atoms with van der Waals surface area (Å²) in [4.78, 5) is 4.18. The van der Waals surface area contributed by atoms with Gasteiger partial charge in [0.2, 0.25) is 0 Å². The van der Waals surface area contributed by atoms with E-state index in [1.807, 2.05) is 31.2 Å². The Hall–Kier alpha value is -2.23. The predicted octanol–water partition coefficient (Wildman–Crippen LogP) is 2.72. The average Bonchev–Trinajstić information content (AvgIpc) is 2.32. The van der Waals surface area contributed by atoms with Crippen LogP contribution >= 0.6 is 0 Å². The van der Waals surface area contributed by atoms with E-state index >= 15 is 0 Å². The zero-order chi connectivity index (χ0) is 12.3. The average molecular weight is 229 g/mol. The van der Waals surface area contributed by atoms with Crippen molar-refractivity contribution in [3.63, 3.8) is 0 Å².